The number of hydrogen-bond donors (Lipinski definition) is 2. The molecular weight excluding hydrogens is 198 g/mol. The second kappa shape index (κ2) is 3.86. The molecule has 5 nitrogen and oxygen atoms in total. The summed E-state index contributed by atoms with van der Waals surface area (Å²) in [7, 11) is 0. The number of aromatic hydroxyl groups is 1. The molecule has 0 spiro atoms. The number of phenolic OH excluding ortho intramolecular Hbond substituents is 1. The van der Waals surface area contributed by atoms with E-state index in [2.05, 4.69) is 0 Å². The maximum Gasteiger partial charge on any atom is 0.310 e. The van der Waals surface area contributed by atoms with Gasteiger partial charge >= 0.3 is 5.69 Å². The van der Waals surface area contributed by atoms with Crippen molar-refractivity contribution in [2.24, 2.45) is 0 Å². The van der Waals surface area contributed by atoms with Crippen molar-refractivity contribution < 1.29 is 15.1 Å². The Hall–Kier alpha value is -1.62. The van der Waals surface area contributed by atoms with Crippen molar-refractivity contribution in [3.05, 3.63) is 33.9 Å². The van der Waals surface area contributed by atoms with Gasteiger partial charge in [-0.1, -0.05) is 6.07 Å². The van der Waals surface area contributed by atoms with Crippen LogP contribution in [0.4, 0.5) is 5.69 Å². The lowest BCUT2D eigenvalue weighted by atomic mass is 9.98. The molecular formula is C10H13NO4. The maximum absolute atomic E-state index is 10.5. The van der Waals surface area contributed by atoms with E-state index in [1.807, 2.05) is 0 Å². The number of benzene rings is 1. The van der Waals surface area contributed by atoms with Crippen LogP contribution in [0.3, 0.4) is 0 Å². The van der Waals surface area contributed by atoms with E-state index in [9.17, 15) is 20.3 Å². The second-order valence-electron chi connectivity index (χ2n) is 4.07. The van der Waals surface area contributed by atoms with Crippen LogP contribution >= 0.6 is 0 Å². The van der Waals surface area contributed by atoms with E-state index in [1.165, 1.54) is 12.1 Å². The topological polar surface area (TPSA) is 83.6 Å². The SMILES string of the molecule is CC(C)(O)Cc1ccc(O)c([N+](=O)[O-])c1. The Bertz CT molecular complexity index is 381. The van der Waals surface area contributed by atoms with Crippen LogP contribution in [0.1, 0.15) is 19.4 Å². The minimum atomic E-state index is -0.926. The highest BCUT2D eigenvalue weighted by molar-refractivity contribution is 5.47. The molecule has 0 aliphatic heterocycles. The molecule has 2 N–H and O–H groups in total. The lowest BCUT2D eigenvalue weighted by Crippen LogP contribution is -2.21. The van der Waals surface area contributed by atoms with Crippen molar-refractivity contribution in [1.82, 2.24) is 0 Å². The molecule has 0 aliphatic rings. The molecule has 0 heterocycles. The first-order chi connectivity index (χ1) is 6.79. The molecule has 0 amide bonds. The number of hydrogen-bond acceptors (Lipinski definition) is 4. The van der Waals surface area contributed by atoms with Crippen LogP contribution < -0.4 is 0 Å². The third kappa shape index (κ3) is 3.21. The summed E-state index contributed by atoms with van der Waals surface area (Å²) in [4.78, 5) is 9.87. The van der Waals surface area contributed by atoms with Gasteiger partial charge in [0.05, 0.1) is 10.5 Å². The van der Waals surface area contributed by atoms with Crippen molar-refractivity contribution in [2.75, 3.05) is 0 Å². The van der Waals surface area contributed by atoms with Crippen molar-refractivity contribution in [1.29, 1.82) is 0 Å². The molecule has 0 fully saturated rings. The number of aliphatic hydroxyl groups is 1. The highest BCUT2D eigenvalue weighted by atomic mass is 16.6. The Balaban J connectivity index is 3.03. The monoisotopic (exact) mass is 211 g/mol. The molecule has 0 atom stereocenters. The molecule has 5 heteroatoms. The fourth-order valence-corrected chi connectivity index (χ4v) is 1.32. The molecule has 0 aromatic heterocycles. The fourth-order valence-electron chi connectivity index (χ4n) is 1.32. The summed E-state index contributed by atoms with van der Waals surface area (Å²) in [6.07, 6.45) is 0.300. The third-order valence-electron chi connectivity index (χ3n) is 1.87. The third-order valence-corrected chi connectivity index (χ3v) is 1.87. The van der Waals surface area contributed by atoms with Crippen LogP contribution in [-0.4, -0.2) is 20.7 Å². The Kier molecular flexibility index (Phi) is 2.95. The predicted octanol–water partition coefficient (Wildman–Crippen LogP) is 1.61. The van der Waals surface area contributed by atoms with Gasteiger partial charge < -0.3 is 10.2 Å². The van der Waals surface area contributed by atoms with Gasteiger partial charge in [-0.3, -0.25) is 10.1 Å². The quantitative estimate of drug-likeness (QED) is 0.587. The normalized spacial score (nSPS) is 11.4. The number of nitro benzene ring substituents is 1. The molecule has 15 heavy (non-hydrogen) atoms. The first kappa shape index (κ1) is 11.5. The summed E-state index contributed by atoms with van der Waals surface area (Å²) >= 11 is 0. The van der Waals surface area contributed by atoms with E-state index in [0.717, 1.165) is 0 Å². The summed E-state index contributed by atoms with van der Waals surface area (Å²) < 4.78 is 0. The van der Waals surface area contributed by atoms with Crippen molar-refractivity contribution >= 4 is 5.69 Å². The molecule has 82 valence electrons. The molecule has 1 aromatic rings. The lowest BCUT2D eigenvalue weighted by molar-refractivity contribution is -0.385. The lowest BCUT2D eigenvalue weighted by Gasteiger charge is -2.16. The molecule has 0 aliphatic carbocycles. The summed E-state index contributed by atoms with van der Waals surface area (Å²) in [6, 6.07) is 4.09. The highest BCUT2D eigenvalue weighted by Crippen LogP contribution is 2.27. The Morgan fingerprint density at radius 3 is 2.53 bits per heavy atom. The minimum Gasteiger partial charge on any atom is -0.502 e. The van der Waals surface area contributed by atoms with Gasteiger partial charge in [-0.2, -0.15) is 0 Å². The largest absolute Gasteiger partial charge is 0.502 e. The zero-order valence-corrected chi connectivity index (χ0v) is 8.60. The van der Waals surface area contributed by atoms with Gasteiger partial charge in [0.25, 0.3) is 0 Å². The van der Waals surface area contributed by atoms with Crippen LogP contribution in [0.2, 0.25) is 0 Å². The molecule has 1 aromatic carbocycles. The number of phenols is 1. The van der Waals surface area contributed by atoms with Gasteiger partial charge in [-0.05, 0) is 25.5 Å². The van der Waals surface area contributed by atoms with Gasteiger partial charge in [0.15, 0.2) is 5.75 Å². The summed E-state index contributed by atoms with van der Waals surface area (Å²) in [6.45, 7) is 3.23. The summed E-state index contributed by atoms with van der Waals surface area (Å²) in [5.41, 5.74) is -0.645. The van der Waals surface area contributed by atoms with Gasteiger partial charge in [0, 0.05) is 12.5 Å². The van der Waals surface area contributed by atoms with E-state index in [-0.39, 0.29) is 11.4 Å². The number of nitrogens with zero attached hydrogens (tertiary/aromatic N) is 1. The molecule has 0 unspecified atom stereocenters. The van der Waals surface area contributed by atoms with Gasteiger partial charge in [-0.25, -0.2) is 0 Å². The van der Waals surface area contributed by atoms with Gasteiger partial charge in [0.2, 0.25) is 0 Å². The Morgan fingerprint density at radius 1 is 1.47 bits per heavy atom. The van der Waals surface area contributed by atoms with E-state index in [4.69, 9.17) is 0 Å². The summed E-state index contributed by atoms with van der Waals surface area (Å²) in [5, 5.41) is 29.3. The fraction of sp³-hybridized carbons (Fsp3) is 0.400. The average molecular weight is 211 g/mol. The Labute approximate surface area is 87.1 Å². The molecule has 0 bridgehead atoms. The molecule has 1 rings (SSSR count). The van der Waals surface area contributed by atoms with Crippen LogP contribution in [-0.2, 0) is 6.42 Å². The zero-order valence-electron chi connectivity index (χ0n) is 8.60. The van der Waals surface area contributed by atoms with Crippen LogP contribution in [0.25, 0.3) is 0 Å². The molecule has 0 saturated carbocycles. The summed E-state index contributed by atoms with van der Waals surface area (Å²) in [5.74, 6) is -0.362. The van der Waals surface area contributed by atoms with E-state index < -0.39 is 10.5 Å². The standard InChI is InChI=1S/C10H13NO4/c1-10(2,13)6-7-3-4-9(12)8(5-7)11(14)15/h3-5,12-13H,6H2,1-2H3. The second-order valence-corrected chi connectivity index (χ2v) is 4.07. The van der Waals surface area contributed by atoms with Gasteiger partial charge in [0.1, 0.15) is 0 Å². The van der Waals surface area contributed by atoms with Crippen molar-refractivity contribution in [2.45, 2.75) is 25.9 Å². The molecule has 0 saturated heterocycles. The number of rotatable bonds is 3. The Morgan fingerprint density at radius 2 is 2.07 bits per heavy atom. The average Bonchev–Trinajstić information content (AvgIpc) is 2.05. The minimum absolute atomic E-state index is 0.300. The van der Waals surface area contributed by atoms with E-state index in [1.54, 1.807) is 19.9 Å². The van der Waals surface area contributed by atoms with Gasteiger partial charge in [-0.15, -0.1) is 0 Å². The van der Waals surface area contributed by atoms with E-state index >= 15 is 0 Å². The number of nitro groups is 1. The van der Waals surface area contributed by atoms with Crippen LogP contribution in [0.15, 0.2) is 18.2 Å². The predicted molar refractivity (Wildman–Crippen MR) is 54.8 cm³/mol. The first-order valence-electron chi connectivity index (χ1n) is 4.48. The zero-order chi connectivity index (χ0) is 11.6. The van der Waals surface area contributed by atoms with Crippen LogP contribution in [0.5, 0.6) is 5.75 Å². The highest BCUT2D eigenvalue weighted by Gasteiger charge is 2.18. The molecule has 0 radical (unpaired) electrons. The van der Waals surface area contributed by atoms with E-state index in [0.29, 0.717) is 12.0 Å². The van der Waals surface area contributed by atoms with Crippen molar-refractivity contribution in [3.63, 3.8) is 0 Å². The van der Waals surface area contributed by atoms with Crippen LogP contribution in [0, 0.1) is 10.1 Å². The first-order valence-corrected chi connectivity index (χ1v) is 4.48. The smallest absolute Gasteiger partial charge is 0.310 e. The maximum atomic E-state index is 10.5. The van der Waals surface area contributed by atoms with Crippen molar-refractivity contribution in [3.8, 4) is 5.75 Å².